The quantitative estimate of drug-likeness (QED) is 0.487. The molecule has 0 unspecified atom stereocenters. The van der Waals surface area contributed by atoms with Crippen LogP contribution in [0.25, 0.3) is 0 Å². The van der Waals surface area contributed by atoms with E-state index in [1.807, 2.05) is 6.92 Å². The van der Waals surface area contributed by atoms with Crippen molar-refractivity contribution in [2.24, 2.45) is 22.9 Å². The van der Waals surface area contributed by atoms with E-state index in [2.05, 4.69) is 10.1 Å². The third kappa shape index (κ3) is 2.32. The molecular formula is C15H24N2O3. The van der Waals surface area contributed by atoms with Gasteiger partial charge in [0.2, 0.25) is 0 Å². The van der Waals surface area contributed by atoms with Crippen molar-refractivity contribution in [2.45, 2.75) is 45.1 Å². The Hall–Kier alpha value is -1.10. The highest BCUT2D eigenvalue weighted by atomic mass is 16.5. The van der Waals surface area contributed by atoms with E-state index in [0.717, 1.165) is 44.5 Å². The zero-order valence-corrected chi connectivity index (χ0v) is 12.1. The first kappa shape index (κ1) is 13.9. The van der Waals surface area contributed by atoms with Gasteiger partial charge in [0.15, 0.2) is 0 Å². The minimum absolute atomic E-state index is 0.0113. The summed E-state index contributed by atoms with van der Waals surface area (Å²) in [5.74, 6) is 1.01. The molecule has 3 aliphatic rings. The maximum atomic E-state index is 11.9. The molecule has 0 amide bonds. The van der Waals surface area contributed by atoms with Crippen molar-refractivity contribution in [1.82, 2.24) is 4.90 Å². The second kappa shape index (κ2) is 5.72. The van der Waals surface area contributed by atoms with E-state index in [1.165, 1.54) is 6.42 Å². The Labute approximate surface area is 120 Å². The lowest BCUT2D eigenvalue weighted by Gasteiger charge is -2.39. The maximum absolute atomic E-state index is 11.9. The molecule has 0 aromatic carbocycles. The summed E-state index contributed by atoms with van der Waals surface area (Å²) in [6.07, 6.45) is 5.49. The highest BCUT2D eigenvalue weighted by molar-refractivity contribution is 5.94. The predicted molar refractivity (Wildman–Crippen MR) is 74.8 cm³/mol. The lowest BCUT2D eigenvalue weighted by Crippen LogP contribution is -2.50. The number of ether oxygens (including phenoxy) is 1. The Morgan fingerprint density at radius 2 is 2.30 bits per heavy atom. The molecule has 5 heteroatoms. The molecule has 1 N–H and O–H groups in total. The average Bonchev–Trinajstić information content (AvgIpc) is 3.08. The SMILES string of the molecule is CCOC(=O)[C@@H]1CCCN([C@H]2/C(=N\O)[C@H]3CC[C@H]2C3)C1. The number of likely N-dealkylation sites (tertiary alicyclic amines) is 1. The molecular weight excluding hydrogens is 256 g/mol. The molecule has 20 heavy (non-hydrogen) atoms. The monoisotopic (exact) mass is 280 g/mol. The van der Waals surface area contributed by atoms with Crippen LogP contribution in [0.5, 0.6) is 0 Å². The van der Waals surface area contributed by atoms with Gasteiger partial charge in [-0.15, -0.1) is 0 Å². The fourth-order valence-corrected chi connectivity index (χ4v) is 4.39. The Morgan fingerprint density at radius 3 is 3.05 bits per heavy atom. The number of fused-ring (bicyclic) bond motifs is 2. The van der Waals surface area contributed by atoms with Gasteiger partial charge in [-0.2, -0.15) is 0 Å². The Bertz CT molecular complexity index is 410. The average molecular weight is 280 g/mol. The fraction of sp³-hybridized carbons (Fsp3) is 0.867. The van der Waals surface area contributed by atoms with Crippen LogP contribution in [0, 0.1) is 17.8 Å². The first-order valence-corrected chi connectivity index (χ1v) is 7.87. The van der Waals surface area contributed by atoms with Crippen LogP contribution in [0.1, 0.15) is 39.0 Å². The molecule has 3 rings (SSSR count). The van der Waals surface area contributed by atoms with E-state index in [1.54, 1.807) is 0 Å². The second-order valence-electron chi connectivity index (χ2n) is 6.33. The number of hydrogen-bond acceptors (Lipinski definition) is 5. The lowest BCUT2D eigenvalue weighted by atomic mass is 9.88. The number of carbonyl (C=O) groups excluding carboxylic acids is 1. The molecule has 3 fully saturated rings. The van der Waals surface area contributed by atoms with Crippen molar-refractivity contribution < 1.29 is 14.7 Å². The van der Waals surface area contributed by atoms with Gasteiger partial charge >= 0.3 is 5.97 Å². The fourth-order valence-electron chi connectivity index (χ4n) is 4.39. The summed E-state index contributed by atoms with van der Waals surface area (Å²) in [7, 11) is 0. The number of carbonyl (C=O) groups is 1. The summed E-state index contributed by atoms with van der Waals surface area (Å²) in [4.78, 5) is 14.3. The van der Waals surface area contributed by atoms with Gasteiger partial charge in [0.25, 0.3) is 0 Å². The zero-order valence-electron chi connectivity index (χ0n) is 12.1. The number of oxime groups is 1. The van der Waals surface area contributed by atoms with Gasteiger partial charge in [-0.05, 0) is 51.5 Å². The van der Waals surface area contributed by atoms with Crippen LogP contribution in [0.4, 0.5) is 0 Å². The molecule has 0 aromatic heterocycles. The highest BCUT2D eigenvalue weighted by Gasteiger charge is 2.49. The van der Waals surface area contributed by atoms with E-state index in [9.17, 15) is 10.0 Å². The van der Waals surface area contributed by atoms with Crippen LogP contribution in [-0.2, 0) is 9.53 Å². The van der Waals surface area contributed by atoms with Crippen LogP contribution < -0.4 is 0 Å². The van der Waals surface area contributed by atoms with Gasteiger partial charge in [-0.1, -0.05) is 5.16 Å². The highest BCUT2D eigenvalue weighted by Crippen LogP contribution is 2.45. The second-order valence-corrected chi connectivity index (χ2v) is 6.33. The molecule has 0 aromatic rings. The predicted octanol–water partition coefficient (Wildman–Crippen LogP) is 1.89. The molecule has 0 spiro atoms. The molecule has 2 bridgehead atoms. The van der Waals surface area contributed by atoms with Crippen molar-refractivity contribution in [3.8, 4) is 0 Å². The largest absolute Gasteiger partial charge is 0.466 e. The first-order valence-electron chi connectivity index (χ1n) is 7.87. The minimum Gasteiger partial charge on any atom is -0.466 e. The van der Waals surface area contributed by atoms with Gasteiger partial charge < -0.3 is 9.94 Å². The smallest absolute Gasteiger partial charge is 0.310 e. The molecule has 1 aliphatic heterocycles. The number of hydrogen-bond donors (Lipinski definition) is 1. The maximum Gasteiger partial charge on any atom is 0.310 e. The molecule has 1 saturated heterocycles. The Morgan fingerprint density at radius 1 is 1.45 bits per heavy atom. The van der Waals surface area contributed by atoms with Crippen LogP contribution in [0.3, 0.4) is 0 Å². The van der Waals surface area contributed by atoms with Crippen molar-refractivity contribution >= 4 is 11.7 Å². The molecule has 4 atom stereocenters. The van der Waals surface area contributed by atoms with Gasteiger partial charge in [0, 0.05) is 12.5 Å². The van der Waals surface area contributed by atoms with Crippen molar-refractivity contribution in [3.05, 3.63) is 0 Å². The molecule has 2 saturated carbocycles. The molecule has 112 valence electrons. The molecule has 0 radical (unpaired) electrons. The Balaban J connectivity index is 1.69. The summed E-state index contributed by atoms with van der Waals surface area (Å²) < 4.78 is 5.16. The third-order valence-electron chi connectivity index (χ3n) is 5.22. The van der Waals surface area contributed by atoms with E-state index in [4.69, 9.17) is 4.74 Å². The van der Waals surface area contributed by atoms with Crippen LogP contribution in [0.2, 0.25) is 0 Å². The van der Waals surface area contributed by atoms with E-state index in [-0.39, 0.29) is 17.9 Å². The number of piperidine rings is 1. The normalized spacial score (nSPS) is 39.4. The van der Waals surface area contributed by atoms with Crippen LogP contribution in [0.15, 0.2) is 5.16 Å². The Kier molecular flexibility index (Phi) is 3.96. The standard InChI is InChI=1S/C15H24N2O3/c1-2-20-15(18)12-4-3-7-17(9-12)14-11-6-5-10(8-11)13(14)16-19/h10-12,14,19H,2-9H2,1H3/b16-13-/t10-,11-,12+,14+/m0/s1. The summed E-state index contributed by atoms with van der Waals surface area (Å²) in [5.41, 5.74) is 0.964. The van der Waals surface area contributed by atoms with Crippen molar-refractivity contribution in [2.75, 3.05) is 19.7 Å². The van der Waals surface area contributed by atoms with Crippen molar-refractivity contribution in [3.63, 3.8) is 0 Å². The van der Waals surface area contributed by atoms with Gasteiger partial charge in [0.1, 0.15) is 0 Å². The topological polar surface area (TPSA) is 62.1 Å². The van der Waals surface area contributed by atoms with Gasteiger partial charge in [-0.3, -0.25) is 9.69 Å². The van der Waals surface area contributed by atoms with E-state index >= 15 is 0 Å². The summed E-state index contributed by atoms with van der Waals surface area (Å²) in [6, 6.07) is 0.260. The molecule has 5 nitrogen and oxygen atoms in total. The number of nitrogens with zero attached hydrogens (tertiary/aromatic N) is 2. The van der Waals surface area contributed by atoms with Crippen LogP contribution >= 0.6 is 0 Å². The molecule has 2 aliphatic carbocycles. The minimum atomic E-state index is -0.0668. The van der Waals surface area contributed by atoms with Gasteiger partial charge in [0.05, 0.1) is 24.3 Å². The first-order chi connectivity index (χ1) is 9.74. The van der Waals surface area contributed by atoms with E-state index < -0.39 is 0 Å². The number of rotatable bonds is 3. The summed E-state index contributed by atoms with van der Waals surface area (Å²) >= 11 is 0. The van der Waals surface area contributed by atoms with E-state index in [0.29, 0.717) is 18.4 Å². The number of esters is 1. The van der Waals surface area contributed by atoms with Crippen molar-refractivity contribution in [1.29, 1.82) is 0 Å². The lowest BCUT2D eigenvalue weighted by molar-refractivity contribution is -0.150. The molecule has 1 heterocycles. The zero-order chi connectivity index (χ0) is 14.1. The van der Waals surface area contributed by atoms with Gasteiger partial charge in [-0.25, -0.2) is 0 Å². The van der Waals surface area contributed by atoms with Crippen LogP contribution in [-0.4, -0.2) is 47.5 Å². The third-order valence-corrected chi connectivity index (χ3v) is 5.22. The summed E-state index contributed by atoms with van der Waals surface area (Å²) in [6.45, 7) is 4.06. The summed E-state index contributed by atoms with van der Waals surface area (Å²) in [5, 5.41) is 12.9.